The van der Waals surface area contributed by atoms with E-state index < -0.39 is 0 Å². The van der Waals surface area contributed by atoms with Gasteiger partial charge in [-0.05, 0) is 42.0 Å². The van der Waals surface area contributed by atoms with Crippen molar-refractivity contribution in [1.82, 2.24) is 0 Å². The SMILES string of the molecule is Cc1cc(N2CC(C)C(C)C2)ccc1CBr. The summed E-state index contributed by atoms with van der Waals surface area (Å²) in [6.07, 6.45) is 0. The Morgan fingerprint density at radius 1 is 1.25 bits per heavy atom. The molecule has 1 saturated heterocycles. The van der Waals surface area contributed by atoms with Crippen molar-refractivity contribution in [3.05, 3.63) is 29.3 Å². The van der Waals surface area contributed by atoms with Crippen LogP contribution < -0.4 is 4.90 Å². The van der Waals surface area contributed by atoms with Gasteiger partial charge in [0.05, 0.1) is 0 Å². The van der Waals surface area contributed by atoms with Gasteiger partial charge in [-0.2, -0.15) is 0 Å². The average molecular weight is 282 g/mol. The lowest BCUT2D eigenvalue weighted by molar-refractivity contribution is 0.494. The Balaban J connectivity index is 2.19. The van der Waals surface area contributed by atoms with Crippen LogP contribution in [0.5, 0.6) is 0 Å². The van der Waals surface area contributed by atoms with Gasteiger partial charge in [0.25, 0.3) is 0 Å². The Kier molecular flexibility index (Phi) is 3.58. The molecule has 0 saturated carbocycles. The molecule has 0 radical (unpaired) electrons. The highest BCUT2D eigenvalue weighted by atomic mass is 79.9. The molecule has 1 aliphatic heterocycles. The third-order valence-corrected chi connectivity index (χ3v) is 4.43. The molecule has 1 aromatic carbocycles. The van der Waals surface area contributed by atoms with Crippen LogP contribution in [0, 0.1) is 18.8 Å². The molecule has 1 fully saturated rings. The van der Waals surface area contributed by atoms with Gasteiger partial charge in [0, 0.05) is 24.1 Å². The van der Waals surface area contributed by atoms with Crippen molar-refractivity contribution in [2.24, 2.45) is 11.8 Å². The normalized spacial score (nSPS) is 25.1. The fourth-order valence-electron chi connectivity index (χ4n) is 2.37. The maximum absolute atomic E-state index is 3.52. The molecule has 1 heterocycles. The minimum atomic E-state index is 0.816. The van der Waals surface area contributed by atoms with Crippen molar-refractivity contribution < 1.29 is 0 Å². The summed E-state index contributed by atoms with van der Waals surface area (Å²) in [5.74, 6) is 1.63. The van der Waals surface area contributed by atoms with Gasteiger partial charge < -0.3 is 4.90 Å². The molecule has 0 N–H and O–H groups in total. The van der Waals surface area contributed by atoms with Crippen LogP contribution in [0.3, 0.4) is 0 Å². The lowest BCUT2D eigenvalue weighted by atomic mass is 10.0. The summed E-state index contributed by atoms with van der Waals surface area (Å²) in [5.41, 5.74) is 4.17. The van der Waals surface area contributed by atoms with E-state index >= 15 is 0 Å². The highest BCUT2D eigenvalue weighted by Crippen LogP contribution is 2.29. The van der Waals surface area contributed by atoms with Gasteiger partial charge >= 0.3 is 0 Å². The standard InChI is InChI=1S/C14H20BrN/c1-10-6-14(5-4-13(10)7-15)16-8-11(2)12(3)9-16/h4-6,11-12H,7-9H2,1-3H3. The topological polar surface area (TPSA) is 3.24 Å². The summed E-state index contributed by atoms with van der Waals surface area (Å²) in [6.45, 7) is 9.31. The first-order chi connectivity index (χ1) is 7.61. The Bertz CT molecular complexity index is 365. The van der Waals surface area contributed by atoms with Crippen molar-refractivity contribution in [2.75, 3.05) is 18.0 Å². The van der Waals surface area contributed by atoms with E-state index in [0.29, 0.717) is 0 Å². The maximum Gasteiger partial charge on any atom is 0.0369 e. The van der Waals surface area contributed by atoms with Crippen LogP contribution in [-0.2, 0) is 5.33 Å². The Hall–Kier alpha value is -0.500. The van der Waals surface area contributed by atoms with Crippen molar-refractivity contribution >= 4 is 21.6 Å². The molecular weight excluding hydrogens is 262 g/mol. The molecule has 0 amide bonds. The van der Waals surface area contributed by atoms with Crippen LogP contribution in [0.25, 0.3) is 0 Å². The van der Waals surface area contributed by atoms with Crippen molar-refractivity contribution in [3.8, 4) is 0 Å². The number of nitrogens with zero attached hydrogens (tertiary/aromatic N) is 1. The molecule has 2 rings (SSSR count). The van der Waals surface area contributed by atoms with Gasteiger partial charge in [0.2, 0.25) is 0 Å². The van der Waals surface area contributed by atoms with Crippen LogP contribution in [-0.4, -0.2) is 13.1 Å². The van der Waals surface area contributed by atoms with E-state index in [4.69, 9.17) is 0 Å². The molecule has 16 heavy (non-hydrogen) atoms. The Morgan fingerprint density at radius 3 is 2.38 bits per heavy atom. The number of halogens is 1. The number of hydrogen-bond acceptors (Lipinski definition) is 1. The number of anilines is 1. The zero-order valence-corrected chi connectivity index (χ0v) is 11.9. The van der Waals surface area contributed by atoms with E-state index in [1.165, 1.54) is 29.9 Å². The van der Waals surface area contributed by atoms with Gasteiger partial charge in [0.1, 0.15) is 0 Å². The number of benzene rings is 1. The maximum atomic E-state index is 3.52. The molecule has 0 aromatic heterocycles. The molecule has 2 atom stereocenters. The second kappa shape index (κ2) is 4.79. The molecule has 0 bridgehead atoms. The lowest BCUT2D eigenvalue weighted by Crippen LogP contribution is -2.19. The lowest BCUT2D eigenvalue weighted by Gasteiger charge is -2.19. The van der Waals surface area contributed by atoms with E-state index in [1.807, 2.05) is 0 Å². The van der Waals surface area contributed by atoms with Crippen molar-refractivity contribution in [3.63, 3.8) is 0 Å². The second-order valence-corrected chi connectivity index (χ2v) is 5.66. The number of hydrogen-bond donors (Lipinski definition) is 0. The van der Waals surface area contributed by atoms with Crippen LogP contribution in [0.15, 0.2) is 18.2 Å². The van der Waals surface area contributed by atoms with Crippen LogP contribution in [0.1, 0.15) is 25.0 Å². The van der Waals surface area contributed by atoms with Crippen molar-refractivity contribution in [2.45, 2.75) is 26.1 Å². The fraction of sp³-hybridized carbons (Fsp3) is 0.571. The van der Waals surface area contributed by atoms with E-state index in [0.717, 1.165) is 17.2 Å². The zero-order valence-electron chi connectivity index (χ0n) is 10.3. The highest BCUT2D eigenvalue weighted by molar-refractivity contribution is 9.08. The first-order valence-corrected chi connectivity index (χ1v) is 7.14. The van der Waals surface area contributed by atoms with Crippen LogP contribution in [0.4, 0.5) is 5.69 Å². The second-order valence-electron chi connectivity index (χ2n) is 5.10. The predicted octanol–water partition coefficient (Wildman–Crippen LogP) is 3.98. The predicted molar refractivity (Wildman–Crippen MR) is 74.4 cm³/mol. The summed E-state index contributed by atoms with van der Waals surface area (Å²) in [5, 5.41) is 0.950. The molecular formula is C14H20BrN. The van der Waals surface area contributed by atoms with Gasteiger partial charge in [-0.25, -0.2) is 0 Å². The smallest absolute Gasteiger partial charge is 0.0369 e. The van der Waals surface area contributed by atoms with Gasteiger partial charge in [-0.1, -0.05) is 35.8 Å². The zero-order chi connectivity index (χ0) is 11.7. The van der Waals surface area contributed by atoms with Gasteiger partial charge in [-0.3, -0.25) is 0 Å². The highest BCUT2D eigenvalue weighted by Gasteiger charge is 2.26. The molecule has 1 aromatic rings. The minimum absolute atomic E-state index is 0.816. The van der Waals surface area contributed by atoms with E-state index in [1.54, 1.807) is 0 Å². The summed E-state index contributed by atoms with van der Waals surface area (Å²) in [6, 6.07) is 6.82. The summed E-state index contributed by atoms with van der Waals surface area (Å²) >= 11 is 3.52. The molecule has 0 spiro atoms. The monoisotopic (exact) mass is 281 g/mol. The third kappa shape index (κ3) is 2.27. The van der Waals surface area contributed by atoms with E-state index in [-0.39, 0.29) is 0 Å². The minimum Gasteiger partial charge on any atom is -0.371 e. The first-order valence-electron chi connectivity index (χ1n) is 6.02. The Labute approximate surface area is 107 Å². The van der Waals surface area contributed by atoms with Crippen LogP contribution in [0.2, 0.25) is 0 Å². The quantitative estimate of drug-likeness (QED) is 0.742. The van der Waals surface area contributed by atoms with Crippen molar-refractivity contribution in [1.29, 1.82) is 0 Å². The van der Waals surface area contributed by atoms with Gasteiger partial charge in [-0.15, -0.1) is 0 Å². The molecule has 1 nitrogen and oxygen atoms in total. The third-order valence-electron chi connectivity index (χ3n) is 3.82. The molecule has 88 valence electrons. The van der Waals surface area contributed by atoms with E-state index in [2.05, 4.69) is 59.8 Å². The average Bonchev–Trinajstić information content (AvgIpc) is 2.59. The molecule has 2 heteroatoms. The van der Waals surface area contributed by atoms with Gasteiger partial charge in [0.15, 0.2) is 0 Å². The largest absolute Gasteiger partial charge is 0.371 e. The summed E-state index contributed by atoms with van der Waals surface area (Å²) in [4.78, 5) is 2.51. The number of aryl methyl sites for hydroxylation is 1. The molecule has 2 unspecified atom stereocenters. The van der Waals surface area contributed by atoms with Crippen LogP contribution >= 0.6 is 15.9 Å². The Morgan fingerprint density at radius 2 is 1.88 bits per heavy atom. The molecule has 0 aliphatic carbocycles. The summed E-state index contributed by atoms with van der Waals surface area (Å²) in [7, 11) is 0. The first kappa shape index (κ1) is 12.0. The molecule has 1 aliphatic rings. The number of alkyl halides is 1. The fourth-order valence-corrected chi connectivity index (χ4v) is 3.00. The summed E-state index contributed by atoms with van der Waals surface area (Å²) < 4.78 is 0. The van der Waals surface area contributed by atoms with E-state index in [9.17, 15) is 0 Å². The number of rotatable bonds is 2.